The predicted octanol–water partition coefficient (Wildman–Crippen LogP) is 3.08. The molecule has 0 unspecified atom stereocenters. The van der Waals surface area contributed by atoms with Crippen LogP contribution >= 0.6 is 0 Å². The number of hydrogen-bond acceptors (Lipinski definition) is 2. The Bertz CT molecular complexity index is 282. The third-order valence-corrected chi connectivity index (χ3v) is 4.65. The topological polar surface area (TPSA) is 29.5 Å². The van der Waals surface area contributed by atoms with E-state index in [1.807, 2.05) is 4.90 Å². The fraction of sp³-hybridized carbons (Fsp3) is 0.923. The molecule has 0 aromatic carbocycles. The molecule has 1 amide bonds. The normalized spacial score (nSPS) is 35.7. The first-order chi connectivity index (χ1) is 7.68. The Morgan fingerprint density at radius 2 is 1.75 bits per heavy atom. The van der Waals surface area contributed by atoms with Crippen LogP contribution in [0.1, 0.15) is 58.3 Å². The number of amides is 1. The maximum absolute atomic E-state index is 12.2. The van der Waals surface area contributed by atoms with Crippen LogP contribution < -0.4 is 0 Å². The SMILES string of the molecule is CC1(OC(=O)N2[C@@H]3CCC[C@@H]2CC3)CCC1. The van der Waals surface area contributed by atoms with E-state index in [0.717, 1.165) is 12.8 Å². The van der Waals surface area contributed by atoms with E-state index in [9.17, 15) is 4.79 Å². The van der Waals surface area contributed by atoms with Crippen LogP contribution in [0.4, 0.5) is 4.79 Å². The second-order valence-corrected chi connectivity index (χ2v) is 5.89. The minimum atomic E-state index is -0.145. The lowest BCUT2D eigenvalue weighted by atomic mass is 9.82. The highest BCUT2D eigenvalue weighted by molar-refractivity contribution is 5.69. The van der Waals surface area contributed by atoms with Gasteiger partial charge in [-0.15, -0.1) is 0 Å². The van der Waals surface area contributed by atoms with E-state index in [4.69, 9.17) is 4.74 Å². The van der Waals surface area contributed by atoms with Gasteiger partial charge in [-0.2, -0.15) is 0 Å². The molecule has 0 N–H and O–H groups in total. The molecule has 3 nitrogen and oxygen atoms in total. The molecule has 0 spiro atoms. The molecule has 1 saturated carbocycles. The first kappa shape index (κ1) is 10.4. The summed E-state index contributed by atoms with van der Waals surface area (Å²) in [6, 6.07) is 0.963. The molecule has 90 valence electrons. The van der Waals surface area contributed by atoms with Crippen molar-refractivity contribution in [2.45, 2.75) is 76.0 Å². The van der Waals surface area contributed by atoms with E-state index in [1.165, 1.54) is 38.5 Å². The minimum Gasteiger partial charge on any atom is -0.443 e. The zero-order valence-corrected chi connectivity index (χ0v) is 10.1. The Balaban J connectivity index is 1.66. The molecule has 16 heavy (non-hydrogen) atoms. The fourth-order valence-electron chi connectivity index (χ4n) is 3.46. The van der Waals surface area contributed by atoms with Gasteiger partial charge in [0.15, 0.2) is 0 Å². The zero-order chi connectivity index (χ0) is 11.2. The average molecular weight is 223 g/mol. The maximum atomic E-state index is 12.2. The summed E-state index contributed by atoms with van der Waals surface area (Å²) in [7, 11) is 0. The molecule has 0 radical (unpaired) electrons. The zero-order valence-electron chi connectivity index (χ0n) is 10.1. The molecule has 3 fully saturated rings. The van der Waals surface area contributed by atoms with Gasteiger partial charge in [0.25, 0.3) is 0 Å². The van der Waals surface area contributed by atoms with Crippen LogP contribution in [0.15, 0.2) is 0 Å². The van der Waals surface area contributed by atoms with E-state index in [0.29, 0.717) is 12.1 Å². The van der Waals surface area contributed by atoms with E-state index >= 15 is 0 Å². The molecule has 3 heteroatoms. The number of piperidine rings is 1. The number of carbonyl (C=O) groups is 1. The van der Waals surface area contributed by atoms with Gasteiger partial charge in [0.05, 0.1) is 0 Å². The van der Waals surface area contributed by atoms with Crippen LogP contribution in [0.5, 0.6) is 0 Å². The number of rotatable bonds is 1. The van der Waals surface area contributed by atoms with Gasteiger partial charge in [-0.1, -0.05) is 0 Å². The average Bonchev–Trinajstić information content (AvgIpc) is 2.47. The summed E-state index contributed by atoms with van der Waals surface area (Å²) in [5.41, 5.74) is -0.145. The summed E-state index contributed by atoms with van der Waals surface area (Å²) >= 11 is 0. The molecule has 1 aliphatic carbocycles. The Kier molecular flexibility index (Phi) is 2.37. The number of nitrogens with zero attached hydrogens (tertiary/aromatic N) is 1. The van der Waals surface area contributed by atoms with Gasteiger partial charge in [-0.05, 0) is 58.3 Å². The van der Waals surface area contributed by atoms with E-state index in [1.54, 1.807) is 0 Å². The lowest BCUT2D eigenvalue weighted by Gasteiger charge is -2.41. The first-order valence-corrected chi connectivity index (χ1v) is 6.69. The summed E-state index contributed by atoms with van der Waals surface area (Å²) < 4.78 is 5.68. The number of hydrogen-bond donors (Lipinski definition) is 0. The lowest BCUT2D eigenvalue weighted by molar-refractivity contribution is -0.0559. The molecule has 2 bridgehead atoms. The molecular weight excluding hydrogens is 202 g/mol. The Hall–Kier alpha value is -0.730. The van der Waals surface area contributed by atoms with Gasteiger partial charge in [-0.25, -0.2) is 4.79 Å². The van der Waals surface area contributed by atoms with Crippen LogP contribution in [0.3, 0.4) is 0 Å². The second kappa shape index (κ2) is 3.64. The molecule has 0 aromatic heterocycles. The van der Waals surface area contributed by atoms with E-state index in [2.05, 4.69) is 6.92 Å². The minimum absolute atomic E-state index is 0.0330. The third kappa shape index (κ3) is 1.61. The van der Waals surface area contributed by atoms with Crippen molar-refractivity contribution in [2.75, 3.05) is 0 Å². The molecule has 3 rings (SSSR count). The first-order valence-electron chi connectivity index (χ1n) is 6.69. The summed E-state index contributed by atoms with van der Waals surface area (Å²) in [6.07, 6.45) is 9.29. The van der Waals surface area contributed by atoms with E-state index in [-0.39, 0.29) is 11.7 Å². The van der Waals surface area contributed by atoms with Gasteiger partial charge in [0, 0.05) is 12.1 Å². The summed E-state index contributed by atoms with van der Waals surface area (Å²) in [6.45, 7) is 2.07. The van der Waals surface area contributed by atoms with Crippen LogP contribution in [0.2, 0.25) is 0 Å². The van der Waals surface area contributed by atoms with Crippen molar-refractivity contribution in [3.05, 3.63) is 0 Å². The molecule has 2 aliphatic heterocycles. The van der Waals surface area contributed by atoms with Gasteiger partial charge < -0.3 is 9.64 Å². The highest BCUT2D eigenvalue weighted by atomic mass is 16.6. The van der Waals surface area contributed by atoms with E-state index < -0.39 is 0 Å². The highest BCUT2D eigenvalue weighted by Gasteiger charge is 2.44. The van der Waals surface area contributed by atoms with Crippen molar-refractivity contribution in [3.63, 3.8) is 0 Å². The molecular formula is C13H21NO2. The second-order valence-electron chi connectivity index (χ2n) is 5.89. The summed E-state index contributed by atoms with van der Waals surface area (Å²) in [5, 5.41) is 0. The molecule has 2 heterocycles. The number of fused-ring (bicyclic) bond motifs is 2. The van der Waals surface area contributed by atoms with Crippen molar-refractivity contribution >= 4 is 6.09 Å². The van der Waals surface area contributed by atoms with Gasteiger partial charge in [-0.3, -0.25) is 0 Å². The van der Waals surface area contributed by atoms with Gasteiger partial charge >= 0.3 is 6.09 Å². The van der Waals surface area contributed by atoms with Crippen molar-refractivity contribution in [2.24, 2.45) is 0 Å². The van der Waals surface area contributed by atoms with Gasteiger partial charge in [0.1, 0.15) is 5.60 Å². The molecule has 2 atom stereocenters. The summed E-state index contributed by atoms with van der Waals surface area (Å²) in [5.74, 6) is 0. The largest absolute Gasteiger partial charge is 0.443 e. The monoisotopic (exact) mass is 223 g/mol. The molecule has 2 saturated heterocycles. The third-order valence-electron chi connectivity index (χ3n) is 4.65. The lowest BCUT2D eigenvalue weighted by Crippen LogP contribution is -2.49. The van der Waals surface area contributed by atoms with Crippen molar-refractivity contribution in [1.29, 1.82) is 0 Å². The highest BCUT2D eigenvalue weighted by Crippen LogP contribution is 2.39. The number of carbonyl (C=O) groups excluding carboxylic acids is 1. The number of ether oxygens (including phenoxy) is 1. The van der Waals surface area contributed by atoms with Crippen molar-refractivity contribution in [1.82, 2.24) is 4.90 Å². The van der Waals surface area contributed by atoms with Crippen LogP contribution in [-0.4, -0.2) is 28.7 Å². The molecule has 3 aliphatic rings. The van der Waals surface area contributed by atoms with Crippen molar-refractivity contribution in [3.8, 4) is 0 Å². The maximum Gasteiger partial charge on any atom is 0.410 e. The summed E-state index contributed by atoms with van der Waals surface area (Å²) in [4.78, 5) is 14.2. The standard InChI is InChI=1S/C13H21NO2/c1-13(8-3-9-13)16-12(15)14-10-4-2-5-11(14)7-6-10/h10-11H,2-9H2,1H3/t10-,11-/m1/s1. The Morgan fingerprint density at radius 3 is 2.25 bits per heavy atom. The quantitative estimate of drug-likeness (QED) is 0.683. The van der Waals surface area contributed by atoms with Crippen LogP contribution in [0.25, 0.3) is 0 Å². The van der Waals surface area contributed by atoms with Gasteiger partial charge in [0.2, 0.25) is 0 Å². The predicted molar refractivity (Wildman–Crippen MR) is 61.2 cm³/mol. The van der Waals surface area contributed by atoms with Crippen LogP contribution in [0, 0.1) is 0 Å². The van der Waals surface area contributed by atoms with Crippen molar-refractivity contribution < 1.29 is 9.53 Å². The smallest absolute Gasteiger partial charge is 0.410 e. The Morgan fingerprint density at radius 1 is 1.12 bits per heavy atom. The fourth-order valence-corrected chi connectivity index (χ4v) is 3.46. The van der Waals surface area contributed by atoms with Crippen LogP contribution in [-0.2, 0) is 4.74 Å². The Labute approximate surface area is 97.1 Å². The molecule has 0 aromatic rings.